The van der Waals surface area contributed by atoms with Gasteiger partial charge in [0.1, 0.15) is 5.75 Å². The van der Waals surface area contributed by atoms with Crippen molar-refractivity contribution in [3.8, 4) is 11.5 Å². The van der Waals surface area contributed by atoms with Crippen LogP contribution in [0.5, 0.6) is 11.5 Å². The zero-order valence-electron chi connectivity index (χ0n) is 14.0. The van der Waals surface area contributed by atoms with Crippen molar-refractivity contribution in [3.63, 3.8) is 0 Å². The second-order valence-corrected chi connectivity index (χ2v) is 8.01. The maximum atomic E-state index is 11.9. The third kappa shape index (κ3) is 6.45. The summed E-state index contributed by atoms with van der Waals surface area (Å²) >= 11 is 10.3. The first kappa shape index (κ1) is 21.0. The molecule has 0 amide bonds. The first-order valence-electron chi connectivity index (χ1n) is 7.72. The highest BCUT2D eigenvalue weighted by Gasteiger charge is 2.20. The maximum Gasteiger partial charge on any atom is 0.336 e. The number of benzene rings is 2. The SMILES string of the molecule is C=C(C)C(=O)OC(CCOc1ccccc1)Oc1c(Br)cc(Br)cc1Br. The van der Waals surface area contributed by atoms with Crippen LogP contribution in [-0.2, 0) is 9.53 Å². The molecule has 0 saturated carbocycles. The molecule has 0 aromatic heterocycles. The molecule has 2 aromatic carbocycles. The van der Waals surface area contributed by atoms with E-state index < -0.39 is 12.3 Å². The average molecular weight is 549 g/mol. The van der Waals surface area contributed by atoms with Gasteiger partial charge < -0.3 is 14.2 Å². The van der Waals surface area contributed by atoms with Crippen LogP contribution in [0, 0.1) is 0 Å². The largest absolute Gasteiger partial charge is 0.493 e. The Morgan fingerprint density at radius 2 is 1.73 bits per heavy atom. The van der Waals surface area contributed by atoms with Crippen LogP contribution in [0.4, 0.5) is 0 Å². The first-order valence-corrected chi connectivity index (χ1v) is 10.1. The van der Waals surface area contributed by atoms with Gasteiger partial charge in [0.2, 0.25) is 6.29 Å². The highest BCUT2D eigenvalue weighted by molar-refractivity contribution is 9.11. The summed E-state index contributed by atoms with van der Waals surface area (Å²) in [6.07, 6.45) is -0.472. The van der Waals surface area contributed by atoms with Crippen molar-refractivity contribution in [3.05, 3.63) is 68.0 Å². The zero-order chi connectivity index (χ0) is 19.1. The van der Waals surface area contributed by atoms with Gasteiger partial charge in [0.05, 0.1) is 22.0 Å². The van der Waals surface area contributed by atoms with E-state index in [1.807, 2.05) is 42.5 Å². The summed E-state index contributed by atoms with van der Waals surface area (Å²) < 4.78 is 19.3. The maximum absolute atomic E-state index is 11.9. The van der Waals surface area contributed by atoms with Crippen LogP contribution in [0.25, 0.3) is 0 Å². The van der Waals surface area contributed by atoms with Gasteiger partial charge in [0.25, 0.3) is 0 Å². The summed E-state index contributed by atoms with van der Waals surface area (Å²) in [5, 5.41) is 0. The second-order valence-electron chi connectivity index (χ2n) is 5.38. The van der Waals surface area contributed by atoms with Crippen molar-refractivity contribution < 1.29 is 19.0 Å². The van der Waals surface area contributed by atoms with E-state index in [0.717, 1.165) is 19.2 Å². The third-order valence-electron chi connectivity index (χ3n) is 3.16. The lowest BCUT2D eigenvalue weighted by molar-refractivity contribution is -0.160. The monoisotopic (exact) mass is 546 g/mol. The van der Waals surface area contributed by atoms with Crippen LogP contribution in [0.1, 0.15) is 13.3 Å². The molecule has 0 aliphatic heterocycles. The molecule has 0 aliphatic rings. The number of carbonyl (C=O) groups is 1. The summed E-state index contributed by atoms with van der Waals surface area (Å²) in [5.74, 6) is 0.759. The molecule has 0 N–H and O–H groups in total. The number of para-hydroxylation sites is 1. The number of halogens is 3. The van der Waals surface area contributed by atoms with Gasteiger partial charge in [-0.05, 0) is 63.0 Å². The minimum atomic E-state index is -0.823. The quantitative estimate of drug-likeness (QED) is 0.222. The molecule has 2 aromatic rings. The van der Waals surface area contributed by atoms with Crippen molar-refractivity contribution in [2.75, 3.05) is 6.61 Å². The standard InChI is InChI=1S/C19H17Br3O4/c1-12(2)19(23)26-17(8-9-24-14-6-4-3-5-7-14)25-18-15(21)10-13(20)11-16(18)22/h3-7,10-11,17H,1,8-9H2,2H3. The van der Waals surface area contributed by atoms with E-state index in [-0.39, 0.29) is 0 Å². The van der Waals surface area contributed by atoms with Crippen LogP contribution in [0.15, 0.2) is 68.0 Å². The van der Waals surface area contributed by atoms with Crippen molar-refractivity contribution >= 4 is 53.8 Å². The van der Waals surface area contributed by atoms with E-state index in [9.17, 15) is 4.79 Å². The third-order valence-corrected chi connectivity index (χ3v) is 4.80. The van der Waals surface area contributed by atoms with E-state index in [1.54, 1.807) is 6.92 Å². The van der Waals surface area contributed by atoms with Crippen molar-refractivity contribution in [1.29, 1.82) is 0 Å². The molecule has 26 heavy (non-hydrogen) atoms. The average Bonchev–Trinajstić information content (AvgIpc) is 2.58. The minimum absolute atomic E-state index is 0.302. The fraction of sp³-hybridized carbons (Fsp3) is 0.211. The first-order chi connectivity index (χ1) is 12.4. The molecule has 0 radical (unpaired) electrons. The number of hydrogen-bond donors (Lipinski definition) is 0. The topological polar surface area (TPSA) is 44.8 Å². The van der Waals surface area contributed by atoms with Crippen LogP contribution < -0.4 is 9.47 Å². The fourth-order valence-electron chi connectivity index (χ4n) is 1.92. The molecule has 7 heteroatoms. The van der Waals surface area contributed by atoms with E-state index in [2.05, 4.69) is 54.4 Å². The predicted octanol–water partition coefficient (Wildman–Crippen LogP) is 6.27. The molecular weight excluding hydrogens is 532 g/mol. The van der Waals surface area contributed by atoms with Gasteiger partial charge in [-0.1, -0.05) is 40.7 Å². The van der Waals surface area contributed by atoms with Crippen molar-refractivity contribution in [2.24, 2.45) is 0 Å². The van der Waals surface area contributed by atoms with E-state index in [0.29, 0.717) is 24.4 Å². The Morgan fingerprint density at radius 3 is 2.31 bits per heavy atom. The lowest BCUT2D eigenvalue weighted by Gasteiger charge is -2.21. The highest BCUT2D eigenvalue weighted by atomic mass is 79.9. The lowest BCUT2D eigenvalue weighted by Crippen LogP contribution is -2.27. The van der Waals surface area contributed by atoms with E-state index in [4.69, 9.17) is 14.2 Å². The van der Waals surface area contributed by atoms with E-state index >= 15 is 0 Å². The normalized spacial score (nSPS) is 11.5. The van der Waals surface area contributed by atoms with Gasteiger partial charge in [-0.2, -0.15) is 0 Å². The Bertz CT molecular complexity index is 755. The van der Waals surface area contributed by atoms with Crippen molar-refractivity contribution in [1.82, 2.24) is 0 Å². The molecule has 0 fully saturated rings. The molecular formula is C19H17Br3O4. The molecule has 0 saturated heterocycles. The summed E-state index contributed by atoms with van der Waals surface area (Å²) in [4.78, 5) is 11.9. The molecule has 4 nitrogen and oxygen atoms in total. The van der Waals surface area contributed by atoms with Gasteiger partial charge in [-0.25, -0.2) is 4.79 Å². The number of ether oxygens (including phenoxy) is 3. The Balaban J connectivity index is 2.08. The number of esters is 1. The Hall–Kier alpha value is -1.31. The molecule has 0 heterocycles. The zero-order valence-corrected chi connectivity index (χ0v) is 18.8. The highest BCUT2D eigenvalue weighted by Crippen LogP contribution is 2.37. The Kier molecular flexibility index (Phi) is 8.18. The summed E-state index contributed by atoms with van der Waals surface area (Å²) in [6.45, 7) is 5.52. The molecule has 0 bridgehead atoms. The Labute approximate surface area is 177 Å². The molecule has 1 unspecified atom stereocenters. The van der Waals surface area contributed by atoms with Gasteiger partial charge in [0, 0.05) is 10.0 Å². The smallest absolute Gasteiger partial charge is 0.336 e. The van der Waals surface area contributed by atoms with Crippen LogP contribution in [0.2, 0.25) is 0 Å². The fourth-order valence-corrected chi connectivity index (χ4v) is 4.37. The lowest BCUT2D eigenvalue weighted by atomic mass is 10.3. The predicted molar refractivity (Wildman–Crippen MR) is 111 cm³/mol. The molecule has 0 aliphatic carbocycles. The number of carbonyl (C=O) groups excluding carboxylic acids is 1. The summed E-state index contributed by atoms with van der Waals surface area (Å²) in [6, 6.07) is 13.1. The molecule has 0 spiro atoms. The molecule has 138 valence electrons. The number of rotatable bonds is 8. The van der Waals surface area contributed by atoms with Crippen molar-refractivity contribution in [2.45, 2.75) is 19.6 Å². The van der Waals surface area contributed by atoms with Gasteiger partial charge in [-0.3, -0.25) is 0 Å². The van der Waals surface area contributed by atoms with Crippen LogP contribution >= 0.6 is 47.8 Å². The van der Waals surface area contributed by atoms with Gasteiger partial charge in [0.15, 0.2) is 5.75 Å². The number of hydrogen-bond acceptors (Lipinski definition) is 4. The second kappa shape index (κ2) is 10.1. The molecule has 1 atom stereocenters. The van der Waals surface area contributed by atoms with Crippen LogP contribution in [-0.4, -0.2) is 18.9 Å². The Morgan fingerprint density at radius 1 is 1.12 bits per heavy atom. The van der Waals surface area contributed by atoms with E-state index in [1.165, 1.54) is 0 Å². The van der Waals surface area contributed by atoms with Gasteiger partial charge in [-0.15, -0.1) is 0 Å². The van der Waals surface area contributed by atoms with Gasteiger partial charge >= 0.3 is 5.97 Å². The minimum Gasteiger partial charge on any atom is -0.493 e. The van der Waals surface area contributed by atoms with Crippen LogP contribution in [0.3, 0.4) is 0 Å². The summed E-state index contributed by atoms with van der Waals surface area (Å²) in [5.41, 5.74) is 0.302. The molecule has 2 rings (SSSR count). The summed E-state index contributed by atoms with van der Waals surface area (Å²) in [7, 11) is 0.